The third kappa shape index (κ3) is 2.63. The maximum atomic E-state index is 9.22. The predicted octanol–water partition coefficient (Wildman–Crippen LogP) is 3.43. The number of phenolic OH excluding ortho intramolecular Hbond substituents is 1. The summed E-state index contributed by atoms with van der Waals surface area (Å²) in [6, 6.07) is 5.50. The van der Waals surface area contributed by atoms with E-state index < -0.39 is 0 Å². The normalized spacial score (nSPS) is 12.8. The SMILES string of the molecule is Cc1cc(O)ccc1C(C)CCCl. The van der Waals surface area contributed by atoms with Crippen molar-refractivity contribution < 1.29 is 5.11 Å². The van der Waals surface area contributed by atoms with Crippen LogP contribution in [0, 0.1) is 6.92 Å². The zero-order chi connectivity index (χ0) is 9.84. The second-order valence-corrected chi connectivity index (χ2v) is 3.80. The van der Waals surface area contributed by atoms with Gasteiger partial charge in [-0.25, -0.2) is 0 Å². The molecule has 0 saturated carbocycles. The van der Waals surface area contributed by atoms with Gasteiger partial charge in [-0.15, -0.1) is 11.6 Å². The zero-order valence-corrected chi connectivity index (χ0v) is 8.80. The van der Waals surface area contributed by atoms with Crippen LogP contribution in [-0.2, 0) is 0 Å². The van der Waals surface area contributed by atoms with Gasteiger partial charge in [0.25, 0.3) is 0 Å². The van der Waals surface area contributed by atoms with E-state index in [-0.39, 0.29) is 0 Å². The van der Waals surface area contributed by atoms with Crippen LogP contribution in [0.15, 0.2) is 18.2 Å². The van der Waals surface area contributed by atoms with Crippen molar-refractivity contribution in [3.05, 3.63) is 29.3 Å². The molecule has 13 heavy (non-hydrogen) atoms. The van der Waals surface area contributed by atoms with Gasteiger partial charge in [-0.2, -0.15) is 0 Å². The minimum atomic E-state index is 0.333. The molecular weight excluding hydrogens is 184 g/mol. The molecule has 1 unspecified atom stereocenters. The van der Waals surface area contributed by atoms with E-state index in [0.717, 1.165) is 12.0 Å². The Morgan fingerprint density at radius 1 is 1.46 bits per heavy atom. The topological polar surface area (TPSA) is 20.2 Å². The lowest BCUT2D eigenvalue weighted by Crippen LogP contribution is -1.96. The van der Waals surface area contributed by atoms with E-state index in [1.54, 1.807) is 12.1 Å². The summed E-state index contributed by atoms with van der Waals surface area (Å²) in [4.78, 5) is 0. The fraction of sp³-hybridized carbons (Fsp3) is 0.455. The van der Waals surface area contributed by atoms with Gasteiger partial charge in [-0.05, 0) is 42.5 Å². The molecule has 1 atom stereocenters. The van der Waals surface area contributed by atoms with Crippen LogP contribution in [-0.4, -0.2) is 11.0 Å². The Morgan fingerprint density at radius 3 is 2.69 bits per heavy atom. The van der Waals surface area contributed by atoms with Gasteiger partial charge in [0.2, 0.25) is 0 Å². The van der Waals surface area contributed by atoms with Crippen molar-refractivity contribution in [2.75, 3.05) is 5.88 Å². The van der Waals surface area contributed by atoms with Crippen LogP contribution in [0.1, 0.15) is 30.4 Å². The van der Waals surface area contributed by atoms with Gasteiger partial charge in [-0.3, -0.25) is 0 Å². The Morgan fingerprint density at radius 2 is 2.15 bits per heavy atom. The standard InChI is InChI=1S/C11H15ClO/c1-8(5-6-12)11-4-3-10(13)7-9(11)2/h3-4,7-8,13H,5-6H2,1-2H3. The van der Waals surface area contributed by atoms with Crippen LogP contribution in [0.2, 0.25) is 0 Å². The van der Waals surface area contributed by atoms with Crippen molar-refractivity contribution in [3.8, 4) is 5.75 Å². The van der Waals surface area contributed by atoms with Crippen molar-refractivity contribution in [3.63, 3.8) is 0 Å². The lowest BCUT2D eigenvalue weighted by molar-refractivity contribution is 0.474. The maximum absolute atomic E-state index is 9.22. The first-order chi connectivity index (χ1) is 6.15. The molecule has 72 valence electrons. The summed E-state index contributed by atoms with van der Waals surface area (Å²) < 4.78 is 0. The van der Waals surface area contributed by atoms with E-state index in [9.17, 15) is 5.11 Å². The quantitative estimate of drug-likeness (QED) is 0.738. The third-order valence-electron chi connectivity index (χ3n) is 2.33. The highest BCUT2D eigenvalue weighted by molar-refractivity contribution is 6.17. The second kappa shape index (κ2) is 4.52. The molecule has 0 saturated heterocycles. The molecule has 0 amide bonds. The van der Waals surface area contributed by atoms with Crippen LogP contribution in [0.4, 0.5) is 0 Å². The van der Waals surface area contributed by atoms with E-state index in [2.05, 4.69) is 6.92 Å². The number of aryl methyl sites for hydroxylation is 1. The predicted molar refractivity (Wildman–Crippen MR) is 56.6 cm³/mol. The van der Waals surface area contributed by atoms with E-state index in [0.29, 0.717) is 17.5 Å². The van der Waals surface area contributed by atoms with Crippen molar-refractivity contribution in [2.45, 2.75) is 26.2 Å². The molecule has 2 heteroatoms. The molecule has 0 spiro atoms. The molecular formula is C11H15ClO. The largest absolute Gasteiger partial charge is 0.508 e. The van der Waals surface area contributed by atoms with E-state index in [1.807, 2.05) is 13.0 Å². The van der Waals surface area contributed by atoms with Gasteiger partial charge in [0.1, 0.15) is 5.75 Å². The molecule has 1 rings (SSSR count). The van der Waals surface area contributed by atoms with Crippen molar-refractivity contribution >= 4 is 11.6 Å². The summed E-state index contributed by atoms with van der Waals surface area (Å²) in [5, 5.41) is 9.22. The fourth-order valence-electron chi connectivity index (χ4n) is 1.53. The van der Waals surface area contributed by atoms with E-state index in [1.165, 1.54) is 5.56 Å². The zero-order valence-electron chi connectivity index (χ0n) is 8.05. The van der Waals surface area contributed by atoms with Crippen LogP contribution >= 0.6 is 11.6 Å². The molecule has 1 nitrogen and oxygen atoms in total. The van der Waals surface area contributed by atoms with Crippen molar-refractivity contribution in [2.24, 2.45) is 0 Å². The first kappa shape index (κ1) is 10.4. The molecule has 0 fully saturated rings. The lowest BCUT2D eigenvalue weighted by atomic mass is 9.94. The molecule has 0 aliphatic rings. The molecule has 1 aromatic rings. The molecule has 0 bridgehead atoms. The Bertz CT molecular complexity index is 283. The van der Waals surface area contributed by atoms with Gasteiger partial charge in [0, 0.05) is 5.88 Å². The molecule has 0 aliphatic carbocycles. The molecule has 0 aromatic heterocycles. The monoisotopic (exact) mass is 198 g/mol. The molecule has 0 radical (unpaired) electrons. The smallest absolute Gasteiger partial charge is 0.115 e. The maximum Gasteiger partial charge on any atom is 0.115 e. The number of hydrogen-bond acceptors (Lipinski definition) is 1. The Labute approximate surface area is 84.4 Å². The fourth-order valence-corrected chi connectivity index (χ4v) is 1.86. The van der Waals surface area contributed by atoms with Crippen LogP contribution in [0.3, 0.4) is 0 Å². The summed E-state index contributed by atoms with van der Waals surface area (Å²) in [5.41, 5.74) is 2.41. The molecule has 0 aliphatic heterocycles. The first-order valence-electron chi connectivity index (χ1n) is 4.50. The highest BCUT2D eigenvalue weighted by Gasteiger charge is 2.07. The summed E-state index contributed by atoms with van der Waals surface area (Å²) in [6.45, 7) is 4.17. The van der Waals surface area contributed by atoms with Crippen molar-refractivity contribution in [1.29, 1.82) is 0 Å². The van der Waals surface area contributed by atoms with Gasteiger partial charge in [0.15, 0.2) is 0 Å². The molecule has 1 N–H and O–H groups in total. The Hall–Kier alpha value is -0.690. The number of aromatic hydroxyl groups is 1. The van der Waals surface area contributed by atoms with E-state index in [4.69, 9.17) is 11.6 Å². The van der Waals surface area contributed by atoms with E-state index >= 15 is 0 Å². The minimum Gasteiger partial charge on any atom is -0.508 e. The number of halogens is 1. The van der Waals surface area contributed by atoms with Gasteiger partial charge >= 0.3 is 0 Å². The number of phenols is 1. The highest BCUT2D eigenvalue weighted by atomic mass is 35.5. The first-order valence-corrected chi connectivity index (χ1v) is 5.04. The summed E-state index contributed by atoms with van der Waals surface area (Å²) in [5.74, 6) is 1.49. The average molecular weight is 199 g/mol. The average Bonchev–Trinajstić information content (AvgIpc) is 2.04. The van der Waals surface area contributed by atoms with Crippen LogP contribution in [0.25, 0.3) is 0 Å². The summed E-state index contributed by atoms with van der Waals surface area (Å²) in [7, 11) is 0. The number of benzene rings is 1. The molecule has 0 heterocycles. The second-order valence-electron chi connectivity index (χ2n) is 3.42. The third-order valence-corrected chi connectivity index (χ3v) is 2.54. The molecule has 1 aromatic carbocycles. The van der Waals surface area contributed by atoms with Crippen molar-refractivity contribution in [1.82, 2.24) is 0 Å². The van der Waals surface area contributed by atoms with Gasteiger partial charge < -0.3 is 5.11 Å². The Kier molecular flexibility index (Phi) is 3.61. The van der Waals surface area contributed by atoms with Gasteiger partial charge in [-0.1, -0.05) is 13.0 Å². The van der Waals surface area contributed by atoms with Gasteiger partial charge in [0.05, 0.1) is 0 Å². The van der Waals surface area contributed by atoms with Crippen LogP contribution in [0.5, 0.6) is 5.75 Å². The highest BCUT2D eigenvalue weighted by Crippen LogP contribution is 2.25. The minimum absolute atomic E-state index is 0.333. The van der Waals surface area contributed by atoms with Crippen LogP contribution < -0.4 is 0 Å². The number of hydrogen-bond donors (Lipinski definition) is 1. The summed E-state index contributed by atoms with van der Waals surface area (Å²) in [6.07, 6.45) is 0.979. The Balaban J connectivity index is 2.88. The number of rotatable bonds is 3. The number of alkyl halides is 1. The summed E-state index contributed by atoms with van der Waals surface area (Å²) >= 11 is 5.68. The lowest BCUT2D eigenvalue weighted by Gasteiger charge is -2.13.